The molecule has 10 nitrogen and oxygen atoms in total. The molecule has 3 aromatic rings. The van der Waals surface area contributed by atoms with E-state index in [9.17, 15) is 14.9 Å². The third-order valence-electron chi connectivity index (χ3n) is 7.62. The van der Waals surface area contributed by atoms with Crippen molar-refractivity contribution in [2.45, 2.75) is 45.6 Å². The van der Waals surface area contributed by atoms with E-state index in [4.69, 9.17) is 15.2 Å². The smallest absolute Gasteiger partial charge is 0.283 e. The lowest BCUT2D eigenvalue weighted by Crippen LogP contribution is -2.35. The number of hydrogen-bond acceptors (Lipinski definition) is 7. The van der Waals surface area contributed by atoms with Crippen LogP contribution in [0.4, 0.5) is 5.69 Å². The van der Waals surface area contributed by atoms with E-state index in [-0.39, 0.29) is 17.1 Å². The first-order chi connectivity index (χ1) is 19.4. The van der Waals surface area contributed by atoms with Gasteiger partial charge in [0.1, 0.15) is 17.4 Å². The number of carbonyl (C=O) groups excluding carboxylic acids is 1. The number of aromatic nitrogens is 1. The molecule has 1 N–H and O–H groups in total. The van der Waals surface area contributed by atoms with Crippen molar-refractivity contribution in [2.24, 2.45) is 16.0 Å². The number of non-ortho nitro benzene ring substituents is 1. The van der Waals surface area contributed by atoms with Crippen LogP contribution in [0.15, 0.2) is 64.2 Å². The summed E-state index contributed by atoms with van der Waals surface area (Å²) in [6.07, 6.45) is 7.54. The van der Waals surface area contributed by atoms with Gasteiger partial charge in [0.05, 0.1) is 17.0 Å². The SMILES string of the molecule is Cc1c(/C=C2/C(=N)N3N=C(C4CCCCC4)SC3=NC2=O)c2ccccc2n1CCOc1ccc([N+](=O)[O-])cc1. The van der Waals surface area contributed by atoms with Crippen LogP contribution < -0.4 is 4.74 Å². The summed E-state index contributed by atoms with van der Waals surface area (Å²) in [6.45, 7) is 2.85. The largest absolute Gasteiger partial charge is 0.492 e. The predicted octanol–water partition coefficient (Wildman–Crippen LogP) is 6.14. The van der Waals surface area contributed by atoms with Gasteiger partial charge in [0, 0.05) is 40.2 Å². The molecule has 0 saturated heterocycles. The Balaban J connectivity index is 1.26. The molecule has 204 valence electrons. The molecule has 40 heavy (non-hydrogen) atoms. The highest BCUT2D eigenvalue weighted by Gasteiger charge is 2.38. The molecule has 1 aromatic heterocycles. The average Bonchev–Trinajstić information content (AvgIpc) is 3.51. The number of hydrazone groups is 1. The van der Waals surface area contributed by atoms with Gasteiger partial charge in [0.25, 0.3) is 11.6 Å². The van der Waals surface area contributed by atoms with E-state index >= 15 is 0 Å². The molecule has 6 rings (SSSR count). The fraction of sp³-hybridized carbons (Fsp3) is 0.310. The number of nitrogens with one attached hydrogen (secondary N) is 1. The Hall–Kier alpha value is -4.25. The molecule has 1 amide bonds. The molecule has 3 aliphatic rings. The first-order valence-corrected chi connectivity index (χ1v) is 14.2. The van der Waals surface area contributed by atoms with Gasteiger partial charge < -0.3 is 9.30 Å². The maximum atomic E-state index is 13.1. The number of rotatable bonds is 7. The van der Waals surface area contributed by atoms with Crippen LogP contribution in [0.25, 0.3) is 17.0 Å². The van der Waals surface area contributed by atoms with E-state index in [1.807, 2.05) is 31.2 Å². The summed E-state index contributed by atoms with van der Waals surface area (Å²) in [4.78, 5) is 27.9. The summed E-state index contributed by atoms with van der Waals surface area (Å²) in [5.74, 6) is 0.539. The van der Waals surface area contributed by atoms with Crippen molar-refractivity contribution in [3.63, 3.8) is 0 Å². The van der Waals surface area contributed by atoms with Gasteiger partial charge in [-0.05, 0) is 55.8 Å². The Morgan fingerprint density at radius 2 is 1.90 bits per heavy atom. The molecule has 11 heteroatoms. The lowest BCUT2D eigenvalue weighted by Gasteiger charge is -2.20. The fourth-order valence-corrected chi connectivity index (χ4v) is 6.57. The van der Waals surface area contributed by atoms with Crippen LogP contribution in [-0.2, 0) is 11.3 Å². The van der Waals surface area contributed by atoms with Gasteiger partial charge in [0.2, 0.25) is 5.17 Å². The molecule has 0 unspecified atom stereocenters. The number of para-hydroxylation sites is 1. The summed E-state index contributed by atoms with van der Waals surface area (Å²) in [7, 11) is 0. The minimum atomic E-state index is -0.442. The van der Waals surface area contributed by atoms with Gasteiger partial charge in [-0.1, -0.05) is 37.5 Å². The van der Waals surface area contributed by atoms with Crippen molar-refractivity contribution in [1.29, 1.82) is 5.41 Å². The van der Waals surface area contributed by atoms with Crippen molar-refractivity contribution in [3.05, 3.63) is 75.5 Å². The first-order valence-electron chi connectivity index (χ1n) is 13.4. The number of benzene rings is 2. The predicted molar refractivity (Wildman–Crippen MR) is 157 cm³/mol. The normalized spacial score (nSPS) is 18.7. The van der Waals surface area contributed by atoms with Gasteiger partial charge in [-0.2, -0.15) is 15.1 Å². The number of thioether (sulfide) groups is 1. The van der Waals surface area contributed by atoms with Gasteiger partial charge in [-0.15, -0.1) is 0 Å². The maximum absolute atomic E-state index is 13.1. The number of ether oxygens (including phenoxy) is 1. The van der Waals surface area contributed by atoms with Crippen molar-refractivity contribution in [2.75, 3.05) is 6.61 Å². The minimum Gasteiger partial charge on any atom is -0.492 e. The summed E-state index contributed by atoms with van der Waals surface area (Å²) in [5.41, 5.74) is 2.98. The molecule has 0 radical (unpaired) electrons. The number of carbonyl (C=O) groups is 1. The molecule has 3 heterocycles. The van der Waals surface area contributed by atoms with Crippen LogP contribution in [0, 0.1) is 28.4 Å². The molecule has 2 aromatic carbocycles. The Bertz CT molecular complexity index is 1620. The first kappa shape index (κ1) is 26.0. The zero-order valence-electron chi connectivity index (χ0n) is 22.0. The third kappa shape index (κ3) is 4.81. The standard InChI is InChI=1S/C29H28N6O4S/c1-18-23(17-24-26(30)34-29(31-27(24)36)40-28(32-34)19-7-3-2-4-8-19)22-9-5-6-10-25(22)33(18)15-16-39-21-13-11-20(12-14-21)35(37)38/h5-6,9-14,17,19,30H,2-4,7-8,15-16H2,1H3/b24-17-,30-26?. The number of amidine groups is 2. The Labute approximate surface area is 235 Å². The van der Waals surface area contributed by atoms with Crippen molar-refractivity contribution >= 4 is 56.4 Å². The van der Waals surface area contributed by atoms with Crippen LogP contribution in [0.5, 0.6) is 5.75 Å². The minimum absolute atomic E-state index is 0.0139. The highest BCUT2D eigenvalue weighted by molar-refractivity contribution is 8.27. The molecule has 1 saturated carbocycles. The number of nitro benzene ring substituents is 1. The zero-order chi connectivity index (χ0) is 27.8. The van der Waals surface area contributed by atoms with Crippen LogP contribution in [0.3, 0.4) is 0 Å². The number of nitro groups is 1. The second-order valence-corrected chi connectivity index (χ2v) is 11.0. The average molecular weight is 557 g/mol. The second kappa shape index (κ2) is 10.7. The number of hydrogen-bond donors (Lipinski definition) is 1. The second-order valence-electron chi connectivity index (χ2n) is 10.1. The number of aliphatic imine (C=N–C) groups is 1. The van der Waals surface area contributed by atoms with Gasteiger partial charge >= 0.3 is 0 Å². The summed E-state index contributed by atoms with van der Waals surface area (Å²) in [6, 6.07) is 13.9. The van der Waals surface area contributed by atoms with Crippen LogP contribution >= 0.6 is 11.8 Å². The Morgan fingerprint density at radius 1 is 1.15 bits per heavy atom. The van der Waals surface area contributed by atoms with Crippen molar-refractivity contribution in [1.82, 2.24) is 9.58 Å². The van der Waals surface area contributed by atoms with Crippen LogP contribution in [0.2, 0.25) is 0 Å². The van der Waals surface area contributed by atoms with Gasteiger partial charge in [-0.25, -0.2) is 0 Å². The molecule has 0 spiro atoms. The topological polar surface area (TPSA) is 126 Å². The molecular formula is C29H28N6O4S. The number of nitrogens with zero attached hydrogens (tertiary/aromatic N) is 5. The number of fused-ring (bicyclic) bond motifs is 2. The highest BCUT2D eigenvalue weighted by Crippen LogP contribution is 2.37. The molecular weight excluding hydrogens is 528 g/mol. The third-order valence-corrected chi connectivity index (χ3v) is 8.69. The Kier molecular flexibility index (Phi) is 6.97. The highest BCUT2D eigenvalue weighted by atomic mass is 32.2. The van der Waals surface area contributed by atoms with Crippen LogP contribution in [-0.4, -0.2) is 43.1 Å². The summed E-state index contributed by atoms with van der Waals surface area (Å²) >= 11 is 1.42. The molecule has 0 atom stereocenters. The van der Waals surface area contributed by atoms with Crippen LogP contribution in [0.1, 0.15) is 43.4 Å². The van der Waals surface area contributed by atoms with E-state index < -0.39 is 10.8 Å². The summed E-state index contributed by atoms with van der Waals surface area (Å²) < 4.78 is 7.98. The van der Waals surface area contributed by atoms with Gasteiger partial charge in [0.15, 0.2) is 5.84 Å². The lowest BCUT2D eigenvalue weighted by atomic mass is 9.90. The van der Waals surface area contributed by atoms with E-state index in [1.165, 1.54) is 48.2 Å². The molecule has 1 fully saturated rings. The molecule has 2 aliphatic heterocycles. The van der Waals surface area contributed by atoms with E-state index in [2.05, 4.69) is 9.56 Å². The quantitative estimate of drug-likeness (QED) is 0.212. The summed E-state index contributed by atoms with van der Waals surface area (Å²) in [5, 5.41) is 28.4. The van der Waals surface area contributed by atoms with Crippen molar-refractivity contribution in [3.8, 4) is 5.75 Å². The zero-order valence-corrected chi connectivity index (χ0v) is 22.8. The number of amides is 1. The van der Waals surface area contributed by atoms with Crippen molar-refractivity contribution < 1.29 is 14.5 Å². The van der Waals surface area contributed by atoms with Gasteiger partial charge in [-0.3, -0.25) is 20.3 Å². The molecule has 0 bridgehead atoms. The van der Waals surface area contributed by atoms with E-state index in [1.54, 1.807) is 18.2 Å². The Morgan fingerprint density at radius 3 is 2.65 bits per heavy atom. The molecule has 1 aliphatic carbocycles. The monoisotopic (exact) mass is 556 g/mol. The maximum Gasteiger partial charge on any atom is 0.283 e. The lowest BCUT2D eigenvalue weighted by molar-refractivity contribution is -0.384. The fourth-order valence-electron chi connectivity index (χ4n) is 5.51. The van der Waals surface area contributed by atoms with E-state index in [0.717, 1.165) is 40.0 Å². The van der Waals surface area contributed by atoms with E-state index in [0.29, 0.717) is 30.0 Å².